The lowest BCUT2D eigenvalue weighted by Gasteiger charge is -2.59. The van der Waals surface area contributed by atoms with Crippen molar-refractivity contribution < 1.29 is 0 Å². The molecular weight excluding hydrogens is 313 g/mol. The molecule has 120 valence electrons. The molecule has 0 spiro atoms. The molecule has 1 unspecified atom stereocenters. The molecule has 0 saturated heterocycles. The third-order valence-corrected chi connectivity index (χ3v) is 7.36. The van der Waals surface area contributed by atoms with Gasteiger partial charge in [-0.1, -0.05) is 29.3 Å². The van der Waals surface area contributed by atoms with Crippen molar-refractivity contribution in [2.24, 2.45) is 23.2 Å². The van der Waals surface area contributed by atoms with Crippen LogP contribution in [-0.2, 0) is 6.54 Å². The van der Waals surface area contributed by atoms with Crippen LogP contribution in [0.5, 0.6) is 0 Å². The molecular formula is C19H25Cl2N. The standard InChI is InChI=1S/C19H25Cl2N/c1-12(22-11-16-17(20)3-2-4-18(16)21)19-8-13-5-14(9-19)7-15(6-13)10-19/h2-4,12-15,22H,5-11H2,1H3. The molecule has 1 aromatic rings. The maximum Gasteiger partial charge on any atom is 0.0465 e. The van der Waals surface area contributed by atoms with Crippen LogP contribution < -0.4 is 5.32 Å². The largest absolute Gasteiger partial charge is 0.310 e. The fourth-order valence-corrected chi connectivity index (χ4v) is 6.41. The number of rotatable bonds is 4. The first-order valence-electron chi connectivity index (χ1n) is 8.72. The molecule has 0 radical (unpaired) electrons. The number of hydrogen-bond donors (Lipinski definition) is 1. The van der Waals surface area contributed by atoms with Crippen molar-refractivity contribution in [3.05, 3.63) is 33.8 Å². The van der Waals surface area contributed by atoms with E-state index in [1.54, 1.807) is 0 Å². The van der Waals surface area contributed by atoms with Gasteiger partial charge in [-0.25, -0.2) is 0 Å². The molecule has 4 bridgehead atoms. The van der Waals surface area contributed by atoms with Crippen molar-refractivity contribution in [1.82, 2.24) is 5.32 Å². The number of nitrogens with one attached hydrogen (secondary N) is 1. The van der Waals surface area contributed by atoms with E-state index in [1.807, 2.05) is 18.2 Å². The van der Waals surface area contributed by atoms with Gasteiger partial charge in [0.05, 0.1) is 0 Å². The van der Waals surface area contributed by atoms with Crippen LogP contribution >= 0.6 is 23.2 Å². The van der Waals surface area contributed by atoms with Crippen LogP contribution in [0.4, 0.5) is 0 Å². The van der Waals surface area contributed by atoms with Gasteiger partial charge < -0.3 is 5.32 Å². The van der Waals surface area contributed by atoms with Gasteiger partial charge in [0.15, 0.2) is 0 Å². The smallest absolute Gasteiger partial charge is 0.0465 e. The molecule has 4 aliphatic rings. The lowest BCUT2D eigenvalue weighted by molar-refractivity contribution is -0.0706. The van der Waals surface area contributed by atoms with Crippen molar-refractivity contribution in [1.29, 1.82) is 0 Å². The summed E-state index contributed by atoms with van der Waals surface area (Å²) in [5, 5.41) is 5.32. The van der Waals surface area contributed by atoms with Crippen LogP contribution in [0, 0.1) is 23.2 Å². The maximum atomic E-state index is 6.31. The minimum absolute atomic E-state index is 0.530. The predicted molar refractivity (Wildman–Crippen MR) is 93.4 cm³/mol. The molecule has 1 atom stereocenters. The Kier molecular flexibility index (Phi) is 3.95. The third-order valence-electron chi connectivity index (χ3n) is 6.65. The Bertz CT molecular complexity index is 513. The highest BCUT2D eigenvalue weighted by Gasteiger charge is 2.52. The average Bonchev–Trinajstić information content (AvgIpc) is 2.45. The minimum Gasteiger partial charge on any atom is -0.310 e. The topological polar surface area (TPSA) is 12.0 Å². The Hall–Kier alpha value is -0.240. The van der Waals surface area contributed by atoms with E-state index in [9.17, 15) is 0 Å². The van der Waals surface area contributed by atoms with Gasteiger partial charge in [0, 0.05) is 28.2 Å². The molecule has 0 heterocycles. The second kappa shape index (κ2) is 5.69. The molecule has 3 heteroatoms. The molecule has 4 aliphatic carbocycles. The third kappa shape index (κ3) is 2.60. The highest BCUT2D eigenvalue weighted by atomic mass is 35.5. The van der Waals surface area contributed by atoms with Crippen molar-refractivity contribution in [2.75, 3.05) is 0 Å². The summed E-state index contributed by atoms with van der Waals surface area (Å²) >= 11 is 12.6. The Morgan fingerprint density at radius 1 is 1.05 bits per heavy atom. The molecule has 1 nitrogen and oxygen atoms in total. The molecule has 1 N–H and O–H groups in total. The first-order chi connectivity index (χ1) is 10.6. The normalized spacial score (nSPS) is 37.5. The zero-order valence-corrected chi connectivity index (χ0v) is 14.8. The van der Waals surface area contributed by atoms with Crippen LogP contribution in [0.3, 0.4) is 0 Å². The fraction of sp³-hybridized carbons (Fsp3) is 0.684. The van der Waals surface area contributed by atoms with Crippen molar-refractivity contribution in [2.45, 2.75) is 58.0 Å². The second-order valence-corrected chi connectivity index (χ2v) is 8.90. The Balaban J connectivity index is 1.47. The van der Waals surface area contributed by atoms with E-state index < -0.39 is 0 Å². The summed E-state index contributed by atoms with van der Waals surface area (Å²) in [5.74, 6) is 3.00. The quantitative estimate of drug-likeness (QED) is 0.744. The summed E-state index contributed by atoms with van der Waals surface area (Å²) in [5.41, 5.74) is 1.57. The van der Waals surface area contributed by atoms with Crippen LogP contribution in [-0.4, -0.2) is 6.04 Å². The predicted octanol–water partition coefficient (Wildman–Crippen LogP) is 5.69. The molecule has 5 rings (SSSR count). The summed E-state index contributed by atoms with van der Waals surface area (Å²) in [6.07, 6.45) is 8.81. The van der Waals surface area contributed by atoms with E-state index in [2.05, 4.69) is 12.2 Å². The van der Waals surface area contributed by atoms with E-state index >= 15 is 0 Å². The first-order valence-corrected chi connectivity index (χ1v) is 9.47. The van der Waals surface area contributed by atoms with E-state index in [0.717, 1.165) is 39.9 Å². The van der Waals surface area contributed by atoms with Gasteiger partial charge in [0.1, 0.15) is 0 Å². The van der Waals surface area contributed by atoms with Gasteiger partial charge in [0.25, 0.3) is 0 Å². The van der Waals surface area contributed by atoms with Crippen LogP contribution in [0.2, 0.25) is 10.0 Å². The molecule has 0 amide bonds. The van der Waals surface area contributed by atoms with Crippen LogP contribution in [0.25, 0.3) is 0 Å². The summed E-state index contributed by atoms with van der Waals surface area (Å²) in [6.45, 7) is 3.17. The van der Waals surface area contributed by atoms with Gasteiger partial charge in [-0.2, -0.15) is 0 Å². The molecule has 4 fully saturated rings. The Morgan fingerprint density at radius 3 is 2.05 bits per heavy atom. The van der Waals surface area contributed by atoms with Crippen LogP contribution in [0.15, 0.2) is 18.2 Å². The van der Waals surface area contributed by atoms with Crippen LogP contribution in [0.1, 0.15) is 51.0 Å². The van der Waals surface area contributed by atoms with Gasteiger partial charge in [-0.3, -0.25) is 0 Å². The minimum atomic E-state index is 0.530. The average molecular weight is 338 g/mol. The van der Waals surface area contributed by atoms with Gasteiger partial charge in [0.2, 0.25) is 0 Å². The summed E-state index contributed by atoms with van der Waals surface area (Å²) < 4.78 is 0. The lowest BCUT2D eigenvalue weighted by Crippen LogP contribution is -2.54. The summed E-state index contributed by atoms with van der Waals surface area (Å²) in [6, 6.07) is 6.32. The number of benzene rings is 1. The Labute approximate surface area is 143 Å². The van der Waals surface area contributed by atoms with Gasteiger partial charge in [-0.05, 0) is 80.8 Å². The van der Waals surface area contributed by atoms with E-state index in [4.69, 9.17) is 23.2 Å². The van der Waals surface area contributed by atoms with Crippen molar-refractivity contribution >= 4 is 23.2 Å². The highest BCUT2D eigenvalue weighted by Crippen LogP contribution is 2.61. The molecule has 0 aliphatic heterocycles. The van der Waals surface area contributed by atoms with Crippen molar-refractivity contribution in [3.63, 3.8) is 0 Å². The highest BCUT2D eigenvalue weighted by molar-refractivity contribution is 6.35. The van der Waals surface area contributed by atoms with E-state index in [-0.39, 0.29) is 0 Å². The zero-order chi connectivity index (χ0) is 15.3. The van der Waals surface area contributed by atoms with E-state index in [0.29, 0.717) is 11.5 Å². The van der Waals surface area contributed by atoms with E-state index in [1.165, 1.54) is 38.5 Å². The second-order valence-electron chi connectivity index (χ2n) is 8.08. The number of halogens is 2. The monoisotopic (exact) mass is 337 g/mol. The Morgan fingerprint density at radius 2 is 1.55 bits per heavy atom. The SMILES string of the molecule is CC(NCc1c(Cl)cccc1Cl)C12CC3CC(CC(C3)C1)C2. The molecule has 22 heavy (non-hydrogen) atoms. The van der Waals surface area contributed by atoms with Gasteiger partial charge >= 0.3 is 0 Å². The first kappa shape index (κ1) is 15.3. The summed E-state index contributed by atoms with van der Waals surface area (Å²) in [4.78, 5) is 0. The maximum absolute atomic E-state index is 6.31. The molecule has 4 saturated carbocycles. The van der Waals surface area contributed by atoms with Gasteiger partial charge in [-0.15, -0.1) is 0 Å². The molecule has 0 aromatic heterocycles. The lowest BCUT2D eigenvalue weighted by atomic mass is 9.48. The summed E-state index contributed by atoms with van der Waals surface area (Å²) in [7, 11) is 0. The van der Waals surface area contributed by atoms with Crippen molar-refractivity contribution in [3.8, 4) is 0 Å². The fourth-order valence-electron chi connectivity index (χ4n) is 5.88. The number of hydrogen-bond acceptors (Lipinski definition) is 1. The zero-order valence-electron chi connectivity index (χ0n) is 13.2. The molecule has 1 aromatic carbocycles.